The molecule has 8 aromatic carbocycles. The Hall–Kier alpha value is -7.37. The molecular formula is C49H30N4O. The van der Waals surface area contributed by atoms with E-state index in [1.54, 1.807) is 0 Å². The van der Waals surface area contributed by atoms with Gasteiger partial charge in [-0.05, 0) is 46.8 Å². The molecule has 0 spiro atoms. The largest absolute Gasteiger partial charge is 0.456 e. The van der Waals surface area contributed by atoms with Crippen LogP contribution in [-0.2, 0) is 0 Å². The van der Waals surface area contributed by atoms with Gasteiger partial charge in [-0.2, -0.15) is 0 Å². The number of nitrogens with zero attached hydrogens (tertiary/aromatic N) is 4. The third-order valence-electron chi connectivity index (χ3n) is 10.4. The SMILES string of the molecule is c1ccc(-c2nc(-c3cccc(-n4c5cccc(-c6ccccc6)c5c5ccc6ccccc6c54)c3)nc(-c3cccc4oc5ccccc5c34)n2)cc1. The zero-order valence-corrected chi connectivity index (χ0v) is 29.0. The van der Waals surface area contributed by atoms with Gasteiger partial charge in [-0.3, -0.25) is 0 Å². The minimum atomic E-state index is 0.594. The summed E-state index contributed by atoms with van der Waals surface area (Å²) in [7, 11) is 0. The quantitative estimate of drug-likeness (QED) is 0.180. The molecule has 0 aliphatic rings. The molecule has 0 atom stereocenters. The van der Waals surface area contributed by atoms with Crippen LogP contribution in [0.4, 0.5) is 0 Å². The van der Waals surface area contributed by atoms with Gasteiger partial charge in [-0.15, -0.1) is 0 Å². The Balaban J connectivity index is 1.17. The summed E-state index contributed by atoms with van der Waals surface area (Å²) in [6.45, 7) is 0. The maximum absolute atomic E-state index is 6.26. The van der Waals surface area contributed by atoms with Crippen molar-refractivity contribution in [1.29, 1.82) is 0 Å². The summed E-state index contributed by atoms with van der Waals surface area (Å²) in [5.41, 5.74) is 10.1. The first-order valence-electron chi connectivity index (χ1n) is 18.1. The van der Waals surface area contributed by atoms with Gasteiger partial charge in [0.25, 0.3) is 0 Å². The number of para-hydroxylation sites is 1. The minimum absolute atomic E-state index is 0.594. The van der Waals surface area contributed by atoms with Crippen LogP contribution in [0, 0.1) is 0 Å². The van der Waals surface area contributed by atoms with Crippen molar-refractivity contribution in [2.45, 2.75) is 0 Å². The second-order valence-electron chi connectivity index (χ2n) is 13.6. The number of hydrogen-bond donors (Lipinski definition) is 0. The van der Waals surface area contributed by atoms with Crippen LogP contribution in [-0.4, -0.2) is 19.5 Å². The predicted molar refractivity (Wildman–Crippen MR) is 221 cm³/mol. The van der Waals surface area contributed by atoms with E-state index >= 15 is 0 Å². The first kappa shape index (κ1) is 30.3. The second kappa shape index (κ2) is 12.1. The first-order valence-corrected chi connectivity index (χ1v) is 18.1. The lowest BCUT2D eigenvalue weighted by molar-refractivity contribution is 0.669. The van der Waals surface area contributed by atoms with Crippen molar-refractivity contribution >= 4 is 54.5 Å². The third kappa shape index (κ3) is 4.76. The Morgan fingerprint density at radius 1 is 0.389 bits per heavy atom. The lowest BCUT2D eigenvalue weighted by atomic mass is 9.98. The molecule has 252 valence electrons. The van der Waals surface area contributed by atoms with Crippen molar-refractivity contribution in [3.05, 3.63) is 182 Å². The van der Waals surface area contributed by atoms with Gasteiger partial charge in [-0.25, -0.2) is 15.0 Å². The number of aromatic nitrogens is 4. The van der Waals surface area contributed by atoms with Gasteiger partial charge in [0.2, 0.25) is 0 Å². The molecule has 11 rings (SSSR count). The molecule has 54 heavy (non-hydrogen) atoms. The zero-order valence-electron chi connectivity index (χ0n) is 29.0. The zero-order chi connectivity index (χ0) is 35.6. The number of hydrogen-bond acceptors (Lipinski definition) is 4. The third-order valence-corrected chi connectivity index (χ3v) is 10.4. The van der Waals surface area contributed by atoms with E-state index in [9.17, 15) is 0 Å². The van der Waals surface area contributed by atoms with E-state index in [0.717, 1.165) is 49.8 Å². The summed E-state index contributed by atoms with van der Waals surface area (Å²) in [5, 5.41) is 6.85. The molecule has 11 aromatic rings. The van der Waals surface area contributed by atoms with Crippen molar-refractivity contribution in [1.82, 2.24) is 19.5 Å². The molecule has 3 heterocycles. The van der Waals surface area contributed by atoms with Crippen LogP contribution in [0.15, 0.2) is 186 Å². The molecule has 0 saturated heterocycles. The van der Waals surface area contributed by atoms with Crippen molar-refractivity contribution in [2.24, 2.45) is 0 Å². The molecule has 5 heteroatoms. The molecule has 0 aliphatic carbocycles. The fourth-order valence-electron chi connectivity index (χ4n) is 8.04. The average molecular weight is 691 g/mol. The lowest BCUT2D eigenvalue weighted by Crippen LogP contribution is -2.01. The molecule has 3 aromatic heterocycles. The molecule has 0 aliphatic heterocycles. The summed E-state index contributed by atoms with van der Waals surface area (Å²) in [5.74, 6) is 1.80. The molecule has 5 nitrogen and oxygen atoms in total. The second-order valence-corrected chi connectivity index (χ2v) is 13.6. The Kier molecular flexibility index (Phi) is 6.79. The van der Waals surface area contributed by atoms with E-state index in [-0.39, 0.29) is 0 Å². The number of furan rings is 1. The normalized spacial score (nSPS) is 11.7. The highest BCUT2D eigenvalue weighted by atomic mass is 16.3. The Morgan fingerprint density at radius 3 is 1.87 bits per heavy atom. The summed E-state index contributed by atoms with van der Waals surface area (Å²) >= 11 is 0. The maximum Gasteiger partial charge on any atom is 0.164 e. The summed E-state index contributed by atoms with van der Waals surface area (Å²) in [6, 6.07) is 63.3. The van der Waals surface area contributed by atoms with Gasteiger partial charge in [-0.1, -0.05) is 152 Å². The molecule has 0 N–H and O–H groups in total. The van der Waals surface area contributed by atoms with E-state index in [2.05, 4.69) is 126 Å². The van der Waals surface area contributed by atoms with Gasteiger partial charge in [0, 0.05) is 49.3 Å². The van der Waals surface area contributed by atoms with E-state index in [4.69, 9.17) is 19.4 Å². The van der Waals surface area contributed by atoms with Crippen LogP contribution >= 0.6 is 0 Å². The molecule has 0 unspecified atom stereocenters. The first-order chi connectivity index (χ1) is 26.8. The van der Waals surface area contributed by atoms with Crippen LogP contribution in [0.25, 0.3) is 105 Å². The average Bonchev–Trinajstić information content (AvgIpc) is 3.81. The highest BCUT2D eigenvalue weighted by Gasteiger charge is 2.21. The summed E-state index contributed by atoms with van der Waals surface area (Å²) in [4.78, 5) is 15.4. The smallest absolute Gasteiger partial charge is 0.164 e. The van der Waals surface area contributed by atoms with Crippen LogP contribution in [0.3, 0.4) is 0 Å². The van der Waals surface area contributed by atoms with Gasteiger partial charge >= 0.3 is 0 Å². The lowest BCUT2D eigenvalue weighted by Gasteiger charge is -2.13. The summed E-state index contributed by atoms with van der Waals surface area (Å²) in [6.07, 6.45) is 0. The summed E-state index contributed by atoms with van der Waals surface area (Å²) < 4.78 is 8.67. The van der Waals surface area contributed by atoms with Crippen LogP contribution in [0.2, 0.25) is 0 Å². The van der Waals surface area contributed by atoms with Crippen molar-refractivity contribution in [2.75, 3.05) is 0 Å². The number of benzene rings is 8. The van der Waals surface area contributed by atoms with Gasteiger partial charge < -0.3 is 8.98 Å². The van der Waals surface area contributed by atoms with Crippen molar-refractivity contribution in [3.63, 3.8) is 0 Å². The van der Waals surface area contributed by atoms with E-state index < -0.39 is 0 Å². The standard InChI is InChI=1S/C49H30N4O/c1-3-14-31(15-4-1)36-23-12-25-41-44(36)39-29-28-32-16-7-8-21-37(32)46(39)53(41)35-20-11-19-34(30-35)48-50-47(33-17-5-2-6-18-33)51-49(52-48)40-24-13-27-43-45(40)38-22-9-10-26-42(38)54-43/h1-30H. The monoisotopic (exact) mass is 690 g/mol. The highest BCUT2D eigenvalue weighted by Crippen LogP contribution is 2.42. The Bertz CT molecular complexity index is 3220. The van der Waals surface area contributed by atoms with Crippen LogP contribution in [0.5, 0.6) is 0 Å². The topological polar surface area (TPSA) is 56.7 Å². The fraction of sp³-hybridized carbons (Fsp3) is 0. The molecule has 0 radical (unpaired) electrons. The Labute approximate surface area is 310 Å². The van der Waals surface area contributed by atoms with Crippen molar-refractivity contribution in [3.8, 4) is 51.0 Å². The van der Waals surface area contributed by atoms with Crippen LogP contribution in [0.1, 0.15) is 0 Å². The van der Waals surface area contributed by atoms with E-state index in [1.807, 2.05) is 60.7 Å². The molecule has 0 saturated carbocycles. The molecule has 0 amide bonds. The minimum Gasteiger partial charge on any atom is -0.456 e. The van der Waals surface area contributed by atoms with Gasteiger partial charge in [0.1, 0.15) is 11.2 Å². The molecular weight excluding hydrogens is 661 g/mol. The van der Waals surface area contributed by atoms with E-state index in [1.165, 1.54) is 38.2 Å². The predicted octanol–water partition coefficient (Wildman–Crippen LogP) is 12.7. The Morgan fingerprint density at radius 2 is 1.02 bits per heavy atom. The highest BCUT2D eigenvalue weighted by molar-refractivity contribution is 6.22. The molecule has 0 bridgehead atoms. The fourth-order valence-corrected chi connectivity index (χ4v) is 8.04. The van der Waals surface area contributed by atoms with Crippen LogP contribution < -0.4 is 0 Å². The maximum atomic E-state index is 6.26. The van der Waals surface area contributed by atoms with E-state index in [0.29, 0.717) is 17.5 Å². The molecule has 0 fully saturated rings. The van der Waals surface area contributed by atoms with Gasteiger partial charge in [0.15, 0.2) is 17.5 Å². The number of rotatable bonds is 5. The van der Waals surface area contributed by atoms with Gasteiger partial charge in [0.05, 0.1) is 11.0 Å². The van der Waals surface area contributed by atoms with Crippen molar-refractivity contribution < 1.29 is 4.42 Å². The number of fused-ring (bicyclic) bond motifs is 8.